The highest BCUT2D eigenvalue weighted by molar-refractivity contribution is 9.28. The molecule has 0 unspecified atom stereocenters. The van der Waals surface area contributed by atoms with Gasteiger partial charge in [0.05, 0.1) is 32.4 Å². The summed E-state index contributed by atoms with van der Waals surface area (Å²) in [6.07, 6.45) is 4.90. The van der Waals surface area contributed by atoms with Crippen molar-refractivity contribution in [2.24, 2.45) is 5.16 Å². The molecule has 0 aliphatic rings. The van der Waals surface area contributed by atoms with Crippen LogP contribution in [0.3, 0.4) is 0 Å². The quantitative estimate of drug-likeness (QED) is 0.113. The minimum atomic E-state index is 0.126. The second-order valence-electron chi connectivity index (χ2n) is 6.92. The lowest BCUT2D eigenvalue weighted by atomic mass is 10.1. The van der Waals surface area contributed by atoms with Crippen LogP contribution < -0.4 is 14.2 Å². The Morgan fingerprint density at radius 1 is 0.857 bits per heavy atom. The first-order valence-corrected chi connectivity index (χ1v) is 13.5. The van der Waals surface area contributed by atoms with Crippen LogP contribution in [0.1, 0.15) is 25.3 Å². The van der Waals surface area contributed by atoms with Gasteiger partial charge in [-0.15, -0.1) is 0 Å². The van der Waals surface area contributed by atoms with Crippen LogP contribution in [0, 0.1) is 0 Å². The van der Waals surface area contributed by atoms with Gasteiger partial charge in [-0.3, -0.25) is 0 Å². The molecule has 0 aliphatic carbocycles. The highest BCUT2D eigenvalue weighted by Crippen LogP contribution is 2.37. The molecule has 0 aliphatic heterocycles. The van der Waals surface area contributed by atoms with Crippen LogP contribution in [-0.4, -0.2) is 32.1 Å². The summed E-state index contributed by atoms with van der Waals surface area (Å²) < 4.78 is 18.0. The number of hydrogen-bond acceptors (Lipinski definition) is 5. The number of oxime groups is 1. The molecule has 0 radical (unpaired) electrons. The van der Waals surface area contributed by atoms with E-state index in [0.29, 0.717) is 41.4 Å². The molecule has 0 saturated carbocycles. The average Bonchev–Trinajstić information content (AvgIpc) is 2.80. The smallest absolute Gasteiger partial charge is 0.156 e. The predicted octanol–water partition coefficient (Wildman–Crippen LogP) is 9.30. The number of rotatable bonds is 14. The normalized spacial score (nSPS) is 11.0. The highest BCUT2D eigenvalue weighted by Gasteiger charge is 2.10. The van der Waals surface area contributed by atoms with Crippen molar-refractivity contribution in [1.82, 2.24) is 0 Å². The standard InChI is InChI=1S/C24H23Br2Cl4NO4/c1-16(31-35-13-8-22(25)26)17-4-6-18(7-5-17)32-10-2-3-11-34-24-20(27)14-19(15-21(24)28)33-12-9-23(29)30/h4-9,14-15H,2-3,10-13H2,1H3. The van der Waals surface area contributed by atoms with Crippen molar-refractivity contribution in [2.45, 2.75) is 19.8 Å². The van der Waals surface area contributed by atoms with Crippen LogP contribution in [0.2, 0.25) is 10.0 Å². The first-order valence-electron chi connectivity index (χ1n) is 10.4. The molecule has 0 atom stereocenters. The molecule has 0 spiro atoms. The molecule has 0 fully saturated rings. The third-order valence-electron chi connectivity index (χ3n) is 4.30. The summed E-state index contributed by atoms with van der Waals surface area (Å²) >= 11 is 30.2. The number of hydrogen-bond donors (Lipinski definition) is 0. The van der Waals surface area contributed by atoms with Gasteiger partial charge in [-0.05, 0) is 93.6 Å². The van der Waals surface area contributed by atoms with Gasteiger partial charge < -0.3 is 19.0 Å². The molecule has 0 aromatic heterocycles. The predicted molar refractivity (Wildman–Crippen MR) is 153 cm³/mol. The SMILES string of the molecule is CC(=NOCC=C(Br)Br)c1ccc(OCCCCOc2c(Cl)cc(OCC=C(Cl)Cl)cc2Cl)cc1. The van der Waals surface area contributed by atoms with Crippen LogP contribution in [0.15, 0.2) is 61.6 Å². The minimum Gasteiger partial charge on any atom is -0.494 e. The van der Waals surface area contributed by atoms with Crippen molar-refractivity contribution in [1.29, 1.82) is 0 Å². The summed E-state index contributed by atoms with van der Waals surface area (Å²) in [4.78, 5) is 5.24. The maximum atomic E-state index is 6.27. The Morgan fingerprint density at radius 3 is 2.09 bits per heavy atom. The van der Waals surface area contributed by atoms with Crippen LogP contribution in [0.5, 0.6) is 17.2 Å². The van der Waals surface area contributed by atoms with E-state index in [0.717, 1.165) is 33.3 Å². The Bertz CT molecular complexity index is 1020. The molecule has 0 N–H and O–H groups in total. The van der Waals surface area contributed by atoms with E-state index in [2.05, 4.69) is 37.0 Å². The molecule has 11 heteroatoms. The second kappa shape index (κ2) is 16.6. The molecule has 35 heavy (non-hydrogen) atoms. The summed E-state index contributed by atoms with van der Waals surface area (Å²) in [5.74, 6) is 1.69. The number of ether oxygens (including phenoxy) is 3. The lowest BCUT2D eigenvalue weighted by Crippen LogP contribution is -2.04. The van der Waals surface area contributed by atoms with Crippen LogP contribution in [0.4, 0.5) is 0 Å². The minimum absolute atomic E-state index is 0.126. The van der Waals surface area contributed by atoms with Crippen LogP contribution >= 0.6 is 78.3 Å². The van der Waals surface area contributed by atoms with E-state index in [1.165, 1.54) is 6.08 Å². The third kappa shape index (κ3) is 12.1. The Labute approximate surface area is 242 Å². The van der Waals surface area contributed by atoms with Gasteiger partial charge in [-0.1, -0.05) is 51.6 Å². The van der Waals surface area contributed by atoms with E-state index in [1.54, 1.807) is 12.1 Å². The molecule has 190 valence electrons. The van der Waals surface area contributed by atoms with Gasteiger partial charge >= 0.3 is 0 Å². The zero-order chi connectivity index (χ0) is 25.6. The van der Waals surface area contributed by atoms with Gasteiger partial charge in [0.25, 0.3) is 0 Å². The molecule has 0 saturated heterocycles. The van der Waals surface area contributed by atoms with E-state index >= 15 is 0 Å². The Hall–Kier alpha value is -1.09. The summed E-state index contributed by atoms with van der Waals surface area (Å²) in [6.45, 7) is 3.46. The molecular weight excluding hydrogens is 668 g/mol. The largest absolute Gasteiger partial charge is 0.494 e. The third-order valence-corrected chi connectivity index (χ3v) is 5.82. The van der Waals surface area contributed by atoms with Gasteiger partial charge in [0.2, 0.25) is 0 Å². The van der Waals surface area contributed by atoms with E-state index in [1.807, 2.05) is 37.3 Å². The van der Waals surface area contributed by atoms with E-state index in [9.17, 15) is 0 Å². The Kier molecular flexibility index (Phi) is 14.3. The summed E-state index contributed by atoms with van der Waals surface area (Å²) in [7, 11) is 0. The lowest BCUT2D eigenvalue weighted by Gasteiger charge is -2.12. The van der Waals surface area contributed by atoms with Crippen molar-refractivity contribution in [3.8, 4) is 17.2 Å². The summed E-state index contributed by atoms with van der Waals surface area (Å²) in [5, 5.41) is 4.82. The lowest BCUT2D eigenvalue weighted by molar-refractivity contribution is 0.174. The van der Waals surface area contributed by atoms with E-state index < -0.39 is 0 Å². The highest BCUT2D eigenvalue weighted by atomic mass is 79.9. The number of unbranched alkanes of at least 4 members (excludes halogenated alkanes) is 1. The maximum absolute atomic E-state index is 6.27. The van der Waals surface area contributed by atoms with E-state index in [-0.39, 0.29) is 11.1 Å². The summed E-state index contributed by atoms with van der Waals surface area (Å²) in [6, 6.07) is 10.9. The molecule has 0 heterocycles. The zero-order valence-corrected chi connectivity index (χ0v) is 24.9. The number of benzene rings is 2. The van der Waals surface area contributed by atoms with Crippen LogP contribution in [-0.2, 0) is 4.84 Å². The number of nitrogens with zero attached hydrogens (tertiary/aromatic N) is 1. The molecule has 0 bridgehead atoms. The molecule has 2 rings (SSSR count). The zero-order valence-electron chi connectivity index (χ0n) is 18.7. The first kappa shape index (κ1) is 30.1. The molecule has 2 aromatic carbocycles. The number of halogens is 6. The fourth-order valence-corrected chi connectivity index (χ4v) is 3.57. The van der Waals surface area contributed by atoms with Crippen LogP contribution in [0.25, 0.3) is 0 Å². The van der Waals surface area contributed by atoms with Crippen molar-refractivity contribution in [2.75, 3.05) is 26.4 Å². The summed E-state index contributed by atoms with van der Waals surface area (Å²) in [5.41, 5.74) is 1.73. The van der Waals surface area contributed by atoms with Gasteiger partial charge in [-0.2, -0.15) is 0 Å². The first-order chi connectivity index (χ1) is 16.8. The fraction of sp³-hybridized carbons (Fsp3) is 0.292. The van der Waals surface area contributed by atoms with Crippen molar-refractivity contribution in [3.05, 3.63) is 72.0 Å². The van der Waals surface area contributed by atoms with Crippen molar-refractivity contribution < 1.29 is 19.0 Å². The van der Waals surface area contributed by atoms with Gasteiger partial charge in [-0.25, -0.2) is 0 Å². The molecular formula is C24H23Br2Cl4NO4. The Morgan fingerprint density at radius 2 is 1.49 bits per heavy atom. The van der Waals surface area contributed by atoms with Gasteiger partial charge in [0.15, 0.2) is 5.75 Å². The average molecular weight is 691 g/mol. The second-order valence-corrected chi connectivity index (χ2v) is 11.5. The van der Waals surface area contributed by atoms with Crippen molar-refractivity contribution in [3.63, 3.8) is 0 Å². The maximum Gasteiger partial charge on any atom is 0.156 e. The molecule has 2 aromatic rings. The monoisotopic (exact) mass is 687 g/mol. The van der Waals surface area contributed by atoms with E-state index in [4.69, 9.17) is 65.5 Å². The van der Waals surface area contributed by atoms with Gasteiger partial charge in [0.1, 0.15) is 29.2 Å². The van der Waals surface area contributed by atoms with Gasteiger partial charge in [0, 0.05) is 12.1 Å². The van der Waals surface area contributed by atoms with Crippen molar-refractivity contribution >= 4 is 84.0 Å². The Balaban J connectivity index is 1.71. The topological polar surface area (TPSA) is 49.3 Å². The molecule has 0 amide bonds. The molecule has 5 nitrogen and oxygen atoms in total. The fourth-order valence-electron chi connectivity index (χ4n) is 2.61.